The molecule has 0 aromatic heterocycles. The third-order valence-electron chi connectivity index (χ3n) is 2.78. The van der Waals surface area contributed by atoms with Crippen molar-refractivity contribution in [2.75, 3.05) is 14.2 Å². The third kappa shape index (κ3) is 3.22. The standard InChI is InChI=1S/C11H11F5O4Si/c1-18-21(3,19-2)11(15,16)20-10(17)6-4-5-7(12)9(14)8(6)13/h4-5H,1-3H3. The van der Waals surface area contributed by atoms with E-state index in [9.17, 15) is 26.7 Å². The number of benzene rings is 1. The van der Waals surface area contributed by atoms with Gasteiger partial charge in [0.15, 0.2) is 17.5 Å². The Labute approximate surface area is 117 Å². The summed E-state index contributed by atoms with van der Waals surface area (Å²) >= 11 is 0. The van der Waals surface area contributed by atoms with Crippen LogP contribution in [0.4, 0.5) is 22.0 Å². The second-order valence-corrected chi connectivity index (χ2v) is 7.27. The van der Waals surface area contributed by atoms with Crippen LogP contribution in [-0.4, -0.2) is 34.5 Å². The maximum absolute atomic E-state index is 13.8. The fourth-order valence-corrected chi connectivity index (χ4v) is 2.19. The molecule has 4 nitrogen and oxygen atoms in total. The van der Waals surface area contributed by atoms with Crippen LogP contribution in [0.1, 0.15) is 10.4 Å². The molecule has 21 heavy (non-hydrogen) atoms. The molecule has 0 amide bonds. The smallest absolute Gasteiger partial charge is 0.397 e. The molecule has 0 saturated carbocycles. The van der Waals surface area contributed by atoms with Gasteiger partial charge < -0.3 is 13.6 Å². The number of carbonyl (C=O) groups excluding carboxylic acids is 1. The van der Waals surface area contributed by atoms with Crippen molar-refractivity contribution in [3.05, 3.63) is 35.1 Å². The number of ether oxygens (including phenoxy) is 1. The second-order valence-electron chi connectivity index (χ2n) is 3.98. The highest BCUT2D eigenvalue weighted by Gasteiger charge is 2.61. The molecule has 0 fully saturated rings. The summed E-state index contributed by atoms with van der Waals surface area (Å²) in [6.07, 6.45) is 0. The molecule has 0 heterocycles. The molecule has 0 N–H and O–H groups in total. The average Bonchev–Trinajstić information content (AvgIpc) is 2.43. The Morgan fingerprint density at radius 2 is 1.62 bits per heavy atom. The molecular formula is C11H11F5O4Si. The molecule has 0 atom stereocenters. The molecule has 1 aromatic carbocycles. The van der Waals surface area contributed by atoms with Crippen LogP contribution in [0.25, 0.3) is 0 Å². The minimum absolute atomic E-state index is 0.413. The van der Waals surface area contributed by atoms with Gasteiger partial charge in [-0.1, -0.05) is 0 Å². The maximum Gasteiger partial charge on any atom is 0.466 e. The van der Waals surface area contributed by atoms with Crippen LogP contribution in [0.2, 0.25) is 6.55 Å². The summed E-state index contributed by atoms with van der Waals surface area (Å²) < 4.78 is 79.5. The van der Waals surface area contributed by atoms with Crippen LogP contribution < -0.4 is 0 Å². The monoisotopic (exact) mass is 330 g/mol. The zero-order chi connectivity index (χ0) is 16.4. The van der Waals surface area contributed by atoms with Gasteiger partial charge >= 0.3 is 20.3 Å². The van der Waals surface area contributed by atoms with Gasteiger partial charge in [0.25, 0.3) is 0 Å². The van der Waals surface area contributed by atoms with Crippen LogP contribution in [0.3, 0.4) is 0 Å². The van der Waals surface area contributed by atoms with E-state index in [1.807, 2.05) is 0 Å². The summed E-state index contributed by atoms with van der Waals surface area (Å²) in [5.74, 6) is -7.33. The SMILES string of the molecule is CO[Si](C)(OC)C(F)(F)OC(=O)c1ccc(F)c(F)c1F. The zero-order valence-corrected chi connectivity index (χ0v) is 12.2. The van der Waals surface area contributed by atoms with E-state index < -0.39 is 43.3 Å². The Morgan fingerprint density at radius 3 is 2.10 bits per heavy atom. The van der Waals surface area contributed by atoms with E-state index in [0.29, 0.717) is 12.1 Å². The first kappa shape index (κ1) is 17.5. The van der Waals surface area contributed by atoms with Gasteiger partial charge in [0.05, 0.1) is 5.56 Å². The van der Waals surface area contributed by atoms with Crippen LogP contribution in [0, 0.1) is 17.5 Å². The van der Waals surface area contributed by atoms with E-state index in [2.05, 4.69) is 13.6 Å². The zero-order valence-electron chi connectivity index (χ0n) is 11.2. The predicted molar refractivity (Wildman–Crippen MR) is 62.3 cm³/mol. The average molecular weight is 330 g/mol. The number of halogens is 5. The molecule has 0 radical (unpaired) electrons. The van der Waals surface area contributed by atoms with E-state index in [-0.39, 0.29) is 0 Å². The minimum atomic E-state index is -4.23. The molecule has 0 unspecified atom stereocenters. The van der Waals surface area contributed by atoms with Gasteiger partial charge in [-0.3, -0.25) is 0 Å². The van der Waals surface area contributed by atoms with Crippen molar-refractivity contribution in [1.82, 2.24) is 0 Å². The van der Waals surface area contributed by atoms with Gasteiger partial charge in [0, 0.05) is 14.2 Å². The molecule has 0 aliphatic rings. The lowest BCUT2D eigenvalue weighted by molar-refractivity contribution is -0.164. The van der Waals surface area contributed by atoms with Gasteiger partial charge in [-0.05, 0) is 18.7 Å². The number of esters is 1. The van der Waals surface area contributed by atoms with Gasteiger partial charge in [-0.15, -0.1) is 0 Å². The van der Waals surface area contributed by atoms with Crippen molar-refractivity contribution in [2.24, 2.45) is 0 Å². The number of carbonyl (C=O) groups is 1. The number of hydrogen-bond acceptors (Lipinski definition) is 4. The molecule has 1 rings (SSSR count). The minimum Gasteiger partial charge on any atom is -0.397 e. The summed E-state index contributed by atoms with van der Waals surface area (Å²) in [6, 6.07) is 0.904. The molecule has 0 aliphatic carbocycles. The molecule has 118 valence electrons. The summed E-state index contributed by atoms with van der Waals surface area (Å²) in [4.78, 5) is 11.5. The van der Waals surface area contributed by atoms with Gasteiger partial charge in [-0.2, -0.15) is 8.78 Å². The van der Waals surface area contributed by atoms with Crippen molar-refractivity contribution in [3.63, 3.8) is 0 Å². The lowest BCUT2D eigenvalue weighted by Crippen LogP contribution is -2.57. The van der Waals surface area contributed by atoms with E-state index in [0.717, 1.165) is 20.8 Å². The van der Waals surface area contributed by atoms with E-state index in [1.54, 1.807) is 0 Å². The normalized spacial score (nSPS) is 12.4. The van der Waals surface area contributed by atoms with Crippen LogP contribution in [0.5, 0.6) is 0 Å². The predicted octanol–water partition coefficient (Wildman–Crippen LogP) is 2.76. The highest BCUT2D eigenvalue weighted by Crippen LogP contribution is 2.31. The summed E-state index contributed by atoms with van der Waals surface area (Å²) in [5.41, 5.74) is -5.35. The Bertz CT molecular complexity index is 548. The highest BCUT2D eigenvalue weighted by atomic mass is 28.4. The Hall–Kier alpha value is -1.52. The Morgan fingerprint density at radius 1 is 1.10 bits per heavy atom. The van der Waals surface area contributed by atoms with Crippen LogP contribution in [0.15, 0.2) is 12.1 Å². The van der Waals surface area contributed by atoms with E-state index >= 15 is 0 Å². The van der Waals surface area contributed by atoms with Gasteiger partial charge in [-0.25, -0.2) is 18.0 Å². The van der Waals surface area contributed by atoms with Gasteiger partial charge in [0.1, 0.15) is 0 Å². The Balaban J connectivity index is 3.09. The number of hydrogen-bond donors (Lipinski definition) is 0. The largest absolute Gasteiger partial charge is 0.466 e. The summed E-state index contributed by atoms with van der Waals surface area (Å²) in [7, 11) is -2.38. The van der Waals surface area contributed by atoms with Crippen molar-refractivity contribution in [1.29, 1.82) is 0 Å². The van der Waals surface area contributed by atoms with Gasteiger partial charge in [0.2, 0.25) is 0 Å². The molecule has 0 bridgehead atoms. The van der Waals surface area contributed by atoms with Crippen molar-refractivity contribution in [2.45, 2.75) is 12.3 Å². The molecule has 0 saturated heterocycles. The first-order chi connectivity index (χ1) is 9.59. The maximum atomic E-state index is 13.8. The second kappa shape index (κ2) is 6.08. The molecule has 10 heteroatoms. The van der Waals surface area contributed by atoms with Crippen LogP contribution >= 0.6 is 0 Å². The summed E-state index contributed by atoms with van der Waals surface area (Å²) in [5, 5.41) is 0. The lowest BCUT2D eigenvalue weighted by Gasteiger charge is -2.29. The van der Waals surface area contributed by atoms with Crippen molar-refractivity contribution in [3.8, 4) is 0 Å². The lowest BCUT2D eigenvalue weighted by atomic mass is 10.2. The van der Waals surface area contributed by atoms with Crippen molar-refractivity contribution >= 4 is 14.5 Å². The third-order valence-corrected chi connectivity index (χ3v) is 5.50. The van der Waals surface area contributed by atoms with Crippen molar-refractivity contribution < 1.29 is 40.3 Å². The van der Waals surface area contributed by atoms with E-state index in [1.165, 1.54) is 0 Å². The molecule has 0 spiro atoms. The summed E-state index contributed by atoms with van der Waals surface area (Å²) in [6.45, 7) is 0.905. The molecule has 1 aromatic rings. The van der Waals surface area contributed by atoms with Crippen LogP contribution in [-0.2, 0) is 13.6 Å². The number of alkyl halides is 2. The first-order valence-electron chi connectivity index (χ1n) is 5.44. The van der Waals surface area contributed by atoms with E-state index in [4.69, 9.17) is 0 Å². The quantitative estimate of drug-likeness (QED) is 0.360. The molecular weight excluding hydrogens is 319 g/mol. The fourth-order valence-electron chi connectivity index (χ4n) is 1.27. The topological polar surface area (TPSA) is 44.8 Å². The number of rotatable bonds is 5. The fraction of sp³-hybridized carbons (Fsp3) is 0.364. The molecule has 0 aliphatic heterocycles. The Kier molecular flexibility index (Phi) is 5.07. The first-order valence-corrected chi connectivity index (χ1v) is 7.76. The highest BCUT2D eigenvalue weighted by molar-refractivity contribution is 6.68.